The van der Waals surface area contributed by atoms with Gasteiger partial charge in [-0.15, -0.1) is 11.7 Å². The summed E-state index contributed by atoms with van der Waals surface area (Å²) in [5.74, 6) is -0.528. The second kappa shape index (κ2) is 12.9. The standard InChI is InChI=1S/C25H31NO3S2/c27-24-22(20-14-8-6-9-15-20)23(21-16-10-7-11-17-21)25(28)26(24)29-18-12-4-2-1-3-5-13-19-31-30/h6-11,14-17,22-23,30H,1-5,12-13,18-19H2. The van der Waals surface area contributed by atoms with Crippen LogP contribution in [0.1, 0.15) is 67.9 Å². The maximum Gasteiger partial charge on any atom is 0.262 e. The molecule has 0 spiro atoms. The topological polar surface area (TPSA) is 46.6 Å². The molecule has 2 aromatic rings. The first-order valence-electron chi connectivity index (χ1n) is 11.1. The first-order chi connectivity index (χ1) is 15.2. The molecule has 1 saturated heterocycles. The van der Waals surface area contributed by atoms with Crippen molar-refractivity contribution in [3.63, 3.8) is 0 Å². The molecule has 2 amide bonds. The second-order valence-corrected chi connectivity index (χ2v) is 9.33. The van der Waals surface area contributed by atoms with E-state index in [2.05, 4.69) is 11.7 Å². The number of amides is 2. The van der Waals surface area contributed by atoms with Gasteiger partial charge in [-0.2, -0.15) is 5.06 Å². The Hall–Kier alpha value is -1.76. The van der Waals surface area contributed by atoms with Gasteiger partial charge in [0.1, 0.15) is 0 Å². The Morgan fingerprint density at radius 3 is 1.65 bits per heavy atom. The van der Waals surface area contributed by atoms with Gasteiger partial charge in [0, 0.05) is 5.75 Å². The Morgan fingerprint density at radius 1 is 0.710 bits per heavy atom. The molecule has 4 nitrogen and oxygen atoms in total. The summed E-state index contributed by atoms with van der Waals surface area (Å²) in [4.78, 5) is 32.0. The van der Waals surface area contributed by atoms with E-state index in [0.717, 1.165) is 41.2 Å². The number of rotatable bonds is 13. The van der Waals surface area contributed by atoms with Crippen molar-refractivity contribution in [1.82, 2.24) is 5.06 Å². The van der Waals surface area contributed by atoms with Gasteiger partial charge < -0.3 is 0 Å². The third-order valence-electron chi connectivity index (χ3n) is 5.68. The zero-order valence-corrected chi connectivity index (χ0v) is 19.5. The van der Waals surface area contributed by atoms with E-state index in [1.165, 1.54) is 25.7 Å². The molecule has 0 aliphatic carbocycles. The molecule has 166 valence electrons. The van der Waals surface area contributed by atoms with Gasteiger partial charge in [0.15, 0.2) is 0 Å². The summed E-state index contributed by atoms with van der Waals surface area (Å²) in [7, 11) is 1.60. The van der Waals surface area contributed by atoms with Crippen LogP contribution in [0.4, 0.5) is 0 Å². The second-order valence-electron chi connectivity index (χ2n) is 7.89. The fourth-order valence-corrected chi connectivity index (χ4v) is 4.79. The van der Waals surface area contributed by atoms with E-state index >= 15 is 0 Å². The van der Waals surface area contributed by atoms with Crippen molar-refractivity contribution in [3.8, 4) is 0 Å². The van der Waals surface area contributed by atoms with E-state index in [1.807, 2.05) is 60.7 Å². The first-order valence-corrected chi connectivity index (χ1v) is 13.1. The number of hydrogen-bond donors (Lipinski definition) is 1. The Kier molecular flexibility index (Phi) is 9.97. The predicted octanol–water partition coefficient (Wildman–Crippen LogP) is 6.16. The van der Waals surface area contributed by atoms with Crippen LogP contribution in [0.2, 0.25) is 0 Å². The average molecular weight is 458 g/mol. The maximum absolute atomic E-state index is 13.2. The third-order valence-corrected chi connectivity index (χ3v) is 6.70. The molecule has 2 atom stereocenters. The van der Waals surface area contributed by atoms with Gasteiger partial charge in [0.2, 0.25) is 0 Å². The number of carbonyl (C=O) groups is 2. The van der Waals surface area contributed by atoms with Crippen LogP contribution in [0.15, 0.2) is 60.7 Å². The van der Waals surface area contributed by atoms with Gasteiger partial charge in [-0.1, -0.05) is 104 Å². The number of benzene rings is 2. The molecule has 6 heteroatoms. The molecule has 1 fully saturated rings. The Bertz CT molecular complexity index is 759. The van der Waals surface area contributed by atoms with Crippen LogP contribution >= 0.6 is 22.5 Å². The lowest BCUT2D eigenvalue weighted by molar-refractivity contribution is -0.188. The molecule has 0 saturated carbocycles. The van der Waals surface area contributed by atoms with Crippen LogP contribution in [0.25, 0.3) is 0 Å². The summed E-state index contributed by atoms with van der Waals surface area (Å²) in [6, 6.07) is 19.0. The minimum atomic E-state index is -0.550. The number of hydrogen-bond acceptors (Lipinski definition) is 5. The summed E-state index contributed by atoms with van der Waals surface area (Å²) in [5.41, 5.74) is 1.69. The molecule has 2 aromatic carbocycles. The van der Waals surface area contributed by atoms with Crippen molar-refractivity contribution >= 4 is 34.3 Å². The normalized spacial score (nSPS) is 18.7. The summed E-state index contributed by atoms with van der Waals surface area (Å²) in [6.07, 6.45) is 7.97. The smallest absolute Gasteiger partial charge is 0.262 e. The molecule has 0 radical (unpaired) electrons. The van der Waals surface area contributed by atoms with Gasteiger partial charge in [0.05, 0.1) is 18.4 Å². The SMILES string of the molecule is O=C1C(c2ccccc2)C(c2ccccc2)C(=O)N1OCCCCCCCCCSS. The summed E-state index contributed by atoms with van der Waals surface area (Å²) in [5, 5.41) is 1.02. The molecule has 3 rings (SSSR count). The molecule has 1 aliphatic heterocycles. The average Bonchev–Trinajstić information content (AvgIpc) is 3.06. The van der Waals surface area contributed by atoms with Gasteiger partial charge in [-0.05, 0) is 24.0 Å². The minimum Gasteiger partial charge on any atom is -0.271 e. The van der Waals surface area contributed by atoms with Gasteiger partial charge >= 0.3 is 0 Å². The highest BCUT2D eigenvalue weighted by Crippen LogP contribution is 2.41. The lowest BCUT2D eigenvalue weighted by Crippen LogP contribution is -2.31. The van der Waals surface area contributed by atoms with E-state index < -0.39 is 11.8 Å². The maximum atomic E-state index is 13.2. The lowest BCUT2D eigenvalue weighted by Gasteiger charge is -2.15. The molecule has 1 heterocycles. The van der Waals surface area contributed by atoms with Crippen molar-refractivity contribution in [2.45, 2.75) is 56.8 Å². The highest BCUT2D eigenvalue weighted by Gasteiger charge is 2.50. The van der Waals surface area contributed by atoms with Gasteiger partial charge in [-0.25, -0.2) is 0 Å². The number of carbonyl (C=O) groups excluding carboxylic acids is 2. The van der Waals surface area contributed by atoms with Crippen molar-refractivity contribution in [3.05, 3.63) is 71.8 Å². The van der Waals surface area contributed by atoms with Crippen LogP contribution < -0.4 is 0 Å². The predicted molar refractivity (Wildman–Crippen MR) is 130 cm³/mol. The number of imide groups is 1. The quantitative estimate of drug-likeness (QED) is 0.169. The molecule has 1 aliphatic rings. The van der Waals surface area contributed by atoms with E-state index in [4.69, 9.17) is 4.84 Å². The number of nitrogens with zero attached hydrogens (tertiary/aromatic N) is 1. The van der Waals surface area contributed by atoms with E-state index in [0.29, 0.717) is 6.61 Å². The van der Waals surface area contributed by atoms with Crippen LogP contribution in [0.5, 0.6) is 0 Å². The number of unbranched alkanes of at least 4 members (excludes halogenated alkanes) is 6. The third kappa shape index (κ3) is 6.61. The molecular formula is C25H31NO3S2. The van der Waals surface area contributed by atoms with Crippen LogP contribution in [0.3, 0.4) is 0 Å². The summed E-state index contributed by atoms with van der Waals surface area (Å²) < 4.78 is 0. The molecule has 0 aromatic heterocycles. The fourth-order valence-electron chi connectivity index (χ4n) is 4.07. The fraction of sp³-hybridized carbons (Fsp3) is 0.440. The van der Waals surface area contributed by atoms with Crippen LogP contribution in [0, 0.1) is 0 Å². The molecule has 0 bridgehead atoms. The Labute approximate surface area is 194 Å². The number of hydroxylamine groups is 2. The zero-order chi connectivity index (χ0) is 21.9. The van der Waals surface area contributed by atoms with Crippen molar-refractivity contribution in [1.29, 1.82) is 0 Å². The molecule has 31 heavy (non-hydrogen) atoms. The molecular weight excluding hydrogens is 426 g/mol. The highest BCUT2D eigenvalue weighted by molar-refractivity contribution is 8.68. The van der Waals surface area contributed by atoms with E-state index in [1.54, 1.807) is 10.8 Å². The minimum absolute atomic E-state index is 0.271. The van der Waals surface area contributed by atoms with Crippen molar-refractivity contribution in [2.24, 2.45) is 0 Å². The summed E-state index contributed by atoms with van der Waals surface area (Å²) in [6.45, 7) is 0.386. The zero-order valence-electron chi connectivity index (χ0n) is 17.8. The van der Waals surface area contributed by atoms with Crippen LogP contribution in [-0.2, 0) is 14.4 Å². The van der Waals surface area contributed by atoms with E-state index in [9.17, 15) is 9.59 Å². The van der Waals surface area contributed by atoms with Gasteiger partial charge in [-0.3, -0.25) is 14.4 Å². The Morgan fingerprint density at radius 2 is 1.16 bits per heavy atom. The lowest BCUT2D eigenvalue weighted by atomic mass is 9.83. The largest absolute Gasteiger partial charge is 0.271 e. The monoisotopic (exact) mass is 457 g/mol. The van der Waals surface area contributed by atoms with Gasteiger partial charge in [0.25, 0.3) is 11.8 Å². The van der Waals surface area contributed by atoms with Crippen LogP contribution in [-0.4, -0.2) is 29.2 Å². The van der Waals surface area contributed by atoms with Crippen molar-refractivity contribution < 1.29 is 14.4 Å². The first kappa shape index (κ1) is 23.9. The summed E-state index contributed by atoms with van der Waals surface area (Å²) >= 11 is 4.16. The van der Waals surface area contributed by atoms with E-state index in [-0.39, 0.29) is 11.8 Å². The molecule has 0 N–H and O–H groups in total. The molecule has 2 unspecified atom stereocenters. The highest BCUT2D eigenvalue weighted by atomic mass is 33.1. The van der Waals surface area contributed by atoms with Crippen molar-refractivity contribution in [2.75, 3.05) is 12.4 Å². The Balaban J connectivity index is 1.54. The number of thiol groups is 1.